The Hall–Kier alpha value is -9.65. The lowest BCUT2D eigenvalue weighted by molar-refractivity contribution is 0.486. The maximum Gasteiger partial charge on any atom is 0.256 e. The van der Waals surface area contributed by atoms with Crippen LogP contribution in [0.1, 0.15) is 0 Å². The van der Waals surface area contributed by atoms with Crippen molar-refractivity contribution in [1.82, 2.24) is 18.3 Å². The lowest BCUT2D eigenvalue weighted by atomic mass is 9.34. The zero-order chi connectivity index (χ0) is 47.7. The number of aromatic nitrogens is 4. The maximum atomic E-state index is 7.09. The largest absolute Gasteiger partial charge is 0.458 e. The van der Waals surface area contributed by atoms with E-state index in [1.54, 1.807) is 0 Å². The minimum absolute atomic E-state index is 0.00944. The summed E-state index contributed by atoms with van der Waals surface area (Å²) in [6.45, 7) is -0.0189. The quantitative estimate of drug-likeness (QED) is 0.162. The standard InChI is InChI=1S/C66H36B2N4O2/c1-7-25-51-39(15-1)40-16-2-8-26-52(40)69(51)37-31-57-63-61(33-37)73-59-29-11-5-21-47(59)67(63)49-23-13-19-43-45-36-56-46(35-55(45)71(57)65(43)49)44-20-14-24-50-66(44)72(56)58-32-38(34-62-64(58)68(50)48-22-6-12-30-60(48)74-62)70-53-27-9-3-17-41(53)42-18-4-10-28-54(42)70/h1-36H. The summed E-state index contributed by atoms with van der Waals surface area (Å²) in [4.78, 5) is 0. The van der Waals surface area contributed by atoms with Gasteiger partial charge in [0.1, 0.15) is 23.0 Å². The van der Waals surface area contributed by atoms with Gasteiger partial charge < -0.3 is 27.7 Å². The Bertz CT molecular complexity index is 4700. The third-order valence-electron chi connectivity index (χ3n) is 17.2. The van der Waals surface area contributed by atoms with Gasteiger partial charge in [0.05, 0.1) is 44.5 Å². The average molecular weight is 939 g/mol. The van der Waals surface area contributed by atoms with Crippen molar-refractivity contribution >= 4 is 133 Å². The van der Waals surface area contributed by atoms with E-state index in [4.69, 9.17) is 9.47 Å². The van der Waals surface area contributed by atoms with Crippen LogP contribution in [0.5, 0.6) is 23.0 Å². The Morgan fingerprint density at radius 2 is 0.608 bits per heavy atom. The first kappa shape index (κ1) is 38.1. The molecule has 0 atom stereocenters. The lowest BCUT2D eigenvalue weighted by Crippen LogP contribution is -2.58. The Morgan fingerprint density at radius 3 is 1.03 bits per heavy atom. The first-order chi connectivity index (χ1) is 36.7. The smallest absolute Gasteiger partial charge is 0.256 e. The van der Waals surface area contributed by atoms with E-state index in [0.29, 0.717) is 0 Å². The van der Waals surface area contributed by atoms with Crippen LogP contribution in [0.3, 0.4) is 0 Å². The molecule has 15 aromatic rings. The molecule has 0 unspecified atom stereocenters. The molecule has 4 aliphatic heterocycles. The maximum absolute atomic E-state index is 7.09. The Kier molecular flexibility index (Phi) is 6.82. The zero-order valence-corrected chi connectivity index (χ0v) is 39.5. The molecule has 19 rings (SSSR count). The summed E-state index contributed by atoms with van der Waals surface area (Å²) >= 11 is 0. The summed E-state index contributed by atoms with van der Waals surface area (Å²) in [6.07, 6.45) is 0. The van der Waals surface area contributed by atoms with E-state index in [1.165, 1.54) is 120 Å². The van der Waals surface area contributed by atoms with Crippen LogP contribution in [0.15, 0.2) is 218 Å². The molecule has 0 fully saturated rings. The molecule has 0 bridgehead atoms. The second-order valence-electron chi connectivity index (χ2n) is 20.7. The molecule has 11 aromatic carbocycles. The highest BCUT2D eigenvalue weighted by atomic mass is 16.5. The molecule has 8 heteroatoms. The molecule has 4 aromatic heterocycles. The van der Waals surface area contributed by atoms with Crippen LogP contribution < -0.4 is 42.3 Å². The van der Waals surface area contributed by atoms with Crippen molar-refractivity contribution in [3.63, 3.8) is 0 Å². The molecular weight excluding hydrogens is 902 g/mol. The van der Waals surface area contributed by atoms with Gasteiger partial charge in [-0.3, -0.25) is 0 Å². The number of fused-ring (bicyclic) bond motifs is 20. The van der Waals surface area contributed by atoms with Gasteiger partial charge in [-0.2, -0.15) is 0 Å². The lowest BCUT2D eigenvalue weighted by Gasteiger charge is -2.33. The SMILES string of the molecule is c1ccc2c(c1)Oc1cc(-n3c4ccccc4c4ccccc43)cc3c1B2c1cccc2c4cc5c(cc4n-3c12)c1cccc2c1n5-c1cc(-n3c4ccccc4c4ccccc43)cc3c1B2c1ccccc1O3. The van der Waals surface area contributed by atoms with Crippen molar-refractivity contribution in [2.45, 2.75) is 0 Å². The number of hydrogen-bond acceptors (Lipinski definition) is 2. The number of para-hydroxylation sites is 8. The molecule has 0 radical (unpaired) electrons. The van der Waals surface area contributed by atoms with E-state index in [9.17, 15) is 0 Å². The number of hydrogen-bond donors (Lipinski definition) is 0. The molecule has 74 heavy (non-hydrogen) atoms. The average Bonchev–Trinajstić information content (AvgIpc) is 4.20. The monoisotopic (exact) mass is 938 g/mol. The third kappa shape index (κ3) is 4.50. The predicted octanol–water partition coefficient (Wildman–Crippen LogP) is 11.9. The van der Waals surface area contributed by atoms with Gasteiger partial charge in [-0.15, -0.1) is 0 Å². The van der Waals surface area contributed by atoms with Crippen LogP contribution in [0.25, 0.3) is 110 Å². The Morgan fingerprint density at radius 1 is 0.257 bits per heavy atom. The van der Waals surface area contributed by atoms with Crippen molar-refractivity contribution in [1.29, 1.82) is 0 Å². The van der Waals surface area contributed by atoms with Gasteiger partial charge in [0.2, 0.25) is 0 Å². The summed E-state index contributed by atoms with van der Waals surface area (Å²) in [5.41, 5.74) is 21.3. The van der Waals surface area contributed by atoms with Crippen LogP contribution in [-0.2, 0) is 0 Å². The molecule has 338 valence electrons. The molecule has 0 aliphatic carbocycles. The Labute approximate surface area is 423 Å². The zero-order valence-electron chi connectivity index (χ0n) is 39.5. The highest BCUT2D eigenvalue weighted by Gasteiger charge is 2.43. The van der Waals surface area contributed by atoms with Crippen LogP contribution in [0.2, 0.25) is 0 Å². The normalized spacial score (nSPS) is 13.6. The first-order valence-electron chi connectivity index (χ1n) is 25.6. The summed E-state index contributed by atoms with van der Waals surface area (Å²) < 4.78 is 24.2. The van der Waals surface area contributed by atoms with Crippen LogP contribution in [-0.4, -0.2) is 31.7 Å². The Balaban J connectivity index is 0.941. The second-order valence-corrected chi connectivity index (χ2v) is 20.7. The minimum atomic E-state index is -0.00944. The molecule has 4 aliphatic rings. The number of ether oxygens (including phenoxy) is 2. The van der Waals surface area contributed by atoms with Gasteiger partial charge in [-0.25, -0.2) is 0 Å². The number of benzene rings is 11. The highest BCUT2D eigenvalue weighted by molar-refractivity contribution is 7.00. The minimum Gasteiger partial charge on any atom is -0.458 e. The number of nitrogens with zero attached hydrogens (tertiary/aromatic N) is 4. The fourth-order valence-electron chi connectivity index (χ4n) is 14.4. The predicted molar refractivity (Wildman–Crippen MR) is 306 cm³/mol. The van der Waals surface area contributed by atoms with E-state index in [0.717, 1.165) is 45.7 Å². The summed E-state index contributed by atoms with van der Waals surface area (Å²) in [6, 6.07) is 80.7. The molecular formula is C66H36B2N4O2. The van der Waals surface area contributed by atoms with Crippen molar-refractivity contribution in [3.8, 4) is 45.7 Å². The van der Waals surface area contributed by atoms with Crippen molar-refractivity contribution in [2.75, 3.05) is 0 Å². The van der Waals surface area contributed by atoms with E-state index in [2.05, 4.69) is 237 Å². The van der Waals surface area contributed by atoms with Gasteiger partial charge in [0.15, 0.2) is 0 Å². The second kappa shape index (κ2) is 13.2. The van der Waals surface area contributed by atoms with Crippen molar-refractivity contribution in [2.24, 2.45) is 0 Å². The molecule has 0 saturated carbocycles. The first-order valence-corrected chi connectivity index (χ1v) is 25.6. The fraction of sp³-hybridized carbons (Fsp3) is 0. The van der Waals surface area contributed by atoms with Gasteiger partial charge >= 0.3 is 0 Å². The van der Waals surface area contributed by atoms with Crippen LogP contribution in [0, 0.1) is 0 Å². The van der Waals surface area contributed by atoms with Gasteiger partial charge in [0, 0.05) is 77.6 Å². The molecule has 0 saturated heterocycles. The van der Waals surface area contributed by atoms with E-state index in [1.807, 2.05) is 0 Å². The molecule has 0 amide bonds. The van der Waals surface area contributed by atoms with E-state index < -0.39 is 0 Å². The van der Waals surface area contributed by atoms with Crippen LogP contribution in [0.4, 0.5) is 0 Å². The molecule has 0 N–H and O–H groups in total. The topological polar surface area (TPSA) is 38.2 Å². The summed E-state index contributed by atoms with van der Waals surface area (Å²) in [5, 5.41) is 9.85. The molecule has 8 heterocycles. The summed E-state index contributed by atoms with van der Waals surface area (Å²) in [5.74, 6) is 3.60. The van der Waals surface area contributed by atoms with Crippen molar-refractivity contribution in [3.05, 3.63) is 218 Å². The third-order valence-corrected chi connectivity index (χ3v) is 17.2. The molecule has 6 nitrogen and oxygen atoms in total. The fourth-order valence-corrected chi connectivity index (χ4v) is 14.4. The van der Waals surface area contributed by atoms with Crippen LogP contribution >= 0.6 is 0 Å². The number of rotatable bonds is 2. The van der Waals surface area contributed by atoms with E-state index in [-0.39, 0.29) is 13.4 Å². The van der Waals surface area contributed by atoms with Crippen molar-refractivity contribution < 1.29 is 9.47 Å². The van der Waals surface area contributed by atoms with Gasteiger partial charge in [-0.1, -0.05) is 146 Å². The summed E-state index contributed by atoms with van der Waals surface area (Å²) in [7, 11) is 0. The molecule has 0 spiro atoms. The van der Waals surface area contributed by atoms with Gasteiger partial charge in [0.25, 0.3) is 13.4 Å². The highest BCUT2D eigenvalue weighted by Crippen LogP contribution is 2.45. The van der Waals surface area contributed by atoms with Gasteiger partial charge in [-0.05, 0) is 93.4 Å². The van der Waals surface area contributed by atoms with E-state index >= 15 is 0 Å².